The molecule has 2 rings (SSSR count). The van der Waals surface area contributed by atoms with Crippen LogP contribution >= 0.6 is 15.9 Å². The van der Waals surface area contributed by atoms with Crippen molar-refractivity contribution in [1.82, 2.24) is 5.43 Å². The van der Waals surface area contributed by atoms with Crippen LogP contribution in [-0.4, -0.2) is 18.8 Å². The normalized spacial score (nSPS) is 18.9. The topological polar surface area (TPSA) is 47.3 Å². The molecular formula is C14H20BrFN2O. The zero-order chi connectivity index (χ0) is 13.9. The molecule has 1 aromatic rings. The van der Waals surface area contributed by atoms with E-state index in [1.807, 2.05) is 6.07 Å². The molecule has 0 heterocycles. The minimum absolute atomic E-state index is 0.0401. The molecule has 1 aliphatic rings. The second-order valence-electron chi connectivity index (χ2n) is 5.29. The lowest BCUT2D eigenvalue weighted by Gasteiger charge is -2.42. The molecule has 106 valence electrons. The molecule has 5 heteroatoms. The maximum atomic E-state index is 13.4. The Bertz CT molecular complexity index is 412. The van der Waals surface area contributed by atoms with Gasteiger partial charge in [-0.1, -0.05) is 15.9 Å². The first-order chi connectivity index (χ1) is 9.07. The molecule has 1 fully saturated rings. The number of ether oxygens (including phenoxy) is 1. The second kappa shape index (κ2) is 6.31. The molecule has 3 N–H and O–H groups in total. The van der Waals surface area contributed by atoms with E-state index in [9.17, 15) is 4.39 Å². The maximum absolute atomic E-state index is 13.4. The van der Waals surface area contributed by atoms with Crippen molar-refractivity contribution in [2.75, 3.05) is 7.11 Å². The molecule has 1 unspecified atom stereocenters. The summed E-state index contributed by atoms with van der Waals surface area (Å²) in [5, 5.41) is 0. The molecular weight excluding hydrogens is 311 g/mol. The SMILES string of the molecule is COC1(CC(Cc2cc(F)cc(Br)c2)NN)CCC1. The van der Waals surface area contributed by atoms with Crippen molar-refractivity contribution in [2.45, 2.75) is 43.7 Å². The van der Waals surface area contributed by atoms with E-state index in [1.165, 1.54) is 12.5 Å². The van der Waals surface area contributed by atoms with Gasteiger partial charge in [0.15, 0.2) is 0 Å². The van der Waals surface area contributed by atoms with Gasteiger partial charge in [0.2, 0.25) is 0 Å². The van der Waals surface area contributed by atoms with Crippen LogP contribution in [0.5, 0.6) is 0 Å². The van der Waals surface area contributed by atoms with Crippen LogP contribution in [0.15, 0.2) is 22.7 Å². The number of hydrogen-bond donors (Lipinski definition) is 2. The van der Waals surface area contributed by atoms with E-state index in [1.54, 1.807) is 13.2 Å². The molecule has 0 radical (unpaired) electrons. The van der Waals surface area contributed by atoms with E-state index in [4.69, 9.17) is 10.6 Å². The first-order valence-corrected chi connectivity index (χ1v) is 7.32. The molecule has 0 aliphatic heterocycles. The first-order valence-electron chi connectivity index (χ1n) is 6.53. The Labute approximate surface area is 121 Å². The van der Waals surface area contributed by atoms with Crippen LogP contribution in [0.3, 0.4) is 0 Å². The number of benzene rings is 1. The summed E-state index contributed by atoms with van der Waals surface area (Å²) in [6.07, 6.45) is 4.91. The third kappa shape index (κ3) is 3.75. The number of methoxy groups -OCH3 is 1. The summed E-state index contributed by atoms with van der Waals surface area (Å²) in [5.41, 5.74) is 3.72. The van der Waals surface area contributed by atoms with Gasteiger partial charge in [-0.15, -0.1) is 0 Å². The largest absolute Gasteiger partial charge is 0.378 e. The summed E-state index contributed by atoms with van der Waals surface area (Å²) in [6, 6.07) is 5.02. The molecule has 0 aromatic heterocycles. The minimum atomic E-state index is -0.231. The van der Waals surface area contributed by atoms with Crippen LogP contribution < -0.4 is 11.3 Å². The molecule has 1 saturated carbocycles. The Morgan fingerprint density at radius 1 is 1.47 bits per heavy atom. The van der Waals surface area contributed by atoms with Gasteiger partial charge in [0, 0.05) is 17.6 Å². The molecule has 1 aromatic carbocycles. The average Bonchev–Trinajstić information content (AvgIpc) is 2.31. The molecule has 3 nitrogen and oxygen atoms in total. The number of halogens is 2. The Kier molecular flexibility index (Phi) is 4.95. The van der Waals surface area contributed by atoms with Crippen LogP contribution in [-0.2, 0) is 11.2 Å². The highest BCUT2D eigenvalue weighted by Crippen LogP contribution is 2.39. The molecule has 0 spiro atoms. The van der Waals surface area contributed by atoms with Crippen LogP contribution in [0.2, 0.25) is 0 Å². The van der Waals surface area contributed by atoms with Crippen molar-refractivity contribution in [3.05, 3.63) is 34.1 Å². The summed E-state index contributed by atoms with van der Waals surface area (Å²) < 4.78 is 19.7. The van der Waals surface area contributed by atoms with E-state index < -0.39 is 0 Å². The smallest absolute Gasteiger partial charge is 0.124 e. The maximum Gasteiger partial charge on any atom is 0.124 e. The molecule has 0 saturated heterocycles. The van der Waals surface area contributed by atoms with Crippen molar-refractivity contribution in [1.29, 1.82) is 0 Å². The van der Waals surface area contributed by atoms with Gasteiger partial charge in [0.1, 0.15) is 5.82 Å². The highest BCUT2D eigenvalue weighted by molar-refractivity contribution is 9.10. The van der Waals surface area contributed by atoms with Crippen LogP contribution in [0, 0.1) is 5.82 Å². The zero-order valence-corrected chi connectivity index (χ0v) is 12.7. The van der Waals surface area contributed by atoms with Gasteiger partial charge >= 0.3 is 0 Å². The van der Waals surface area contributed by atoms with E-state index in [-0.39, 0.29) is 17.5 Å². The average molecular weight is 331 g/mol. The lowest BCUT2D eigenvalue weighted by molar-refractivity contribution is -0.0834. The Hall–Kier alpha value is -0.490. The minimum Gasteiger partial charge on any atom is -0.378 e. The quantitative estimate of drug-likeness (QED) is 0.622. The molecule has 0 amide bonds. The predicted molar refractivity (Wildman–Crippen MR) is 77.1 cm³/mol. The summed E-state index contributed by atoms with van der Waals surface area (Å²) in [4.78, 5) is 0. The fraction of sp³-hybridized carbons (Fsp3) is 0.571. The summed E-state index contributed by atoms with van der Waals surface area (Å²) >= 11 is 3.31. The Morgan fingerprint density at radius 2 is 2.21 bits per heavy atom. The molecule has 1 atom stereocenters. The van der Waals surface area contributed by atoms with Gasteiger partial charge in [0.05, 0.1) is 5.60 Å². The highest BCUT2D eigenvalue weighted by Gasteiger charge is 2.38. The predicted octanol–water partition coefficient (Wildman–Crippen LogP) is 2.92. The van der Waals surface area contributed by atoms with Crippen LogP contribution in [0.1, 0.15) is 31.2 Å². The number of nitrogens with one attached hydrogen (secondary N) is 1. The monoisotopic (exact) mass is 330 g/mol. The van der Waals surface area contributed by atoms with E-state index in [0.29, 0.717) is 6.42 Å². The lowest BCUT2D eigenvalue weighted by atomic mass is 9.75. The van der Waals surface area contributed by atoms with Gasteiger partial charge in [-0.05, 0) is 55.9 Å². The van der Waals surface area contributed by atoms with Gasteiger partial charge in [-0.3, -0.25) is 11.3 Å². The summed E-state index contributed by atoms with van der Waals surface area (Å²) in [7, 11) is 1.76. The van der Waals surface area contributed by atoms with E-state index >= 15 is 0 Å². The lowest BCUT2D eigenvalue weighted by Crippen LogP contribution is -2.48. The van der Waals surface area contributed by atoms with Gasteiger partial charge in [-0.2, -0.15) is 0 Å². The first kappa shape index (κ1) is 14.9. The second-order valence-corrected chi connectivity index (χ2v) is 6.21. The van der Waals surface area contributed by atoms with Crippen molar-refractivity contribution < 1.29 is 9.13 Å². The number of hydrazine groups is 1. The summed E-state index contributed by atoms with van der Waals surface area (Å²) in [5.74, 6) is 5.40. The van der Waals surface area contributed by atoms with Crippen LogP contribution in [0.4, 0.5) is 4.39 Å². The van der Waals surface area contributed by atoms with Gasteiger partial charge in [-0.25, -0.2) is 4.39 Å². The third-order valence-corrected chi connectivity index (χ3v) is 4.41. The fourth-order valence-corrected chi connectivity index (χ4v) is 3.23. The Morgan fingerprint density at radius 3 is 2.68 bits per heavy atom. The Balaban J connectivity index is 2.02. The van der Waals surface area contributed by atoms with Crippen molar-refractivity contribution in [3.8, 4) is 0 Å². The molecule has 1 aliphatic carbocycles. The van der Waals surface area contributed by atoms with E-state index in [2.05, 4.69) is 21.4 Å². The van der Waals surface area contributed by atoms with Crippen molar-refractivity contribution in [2.24, 2.45) is 5.84 Å². The number of rotatable bonds is 6. The van der Waals surface area contributed by atoms with Crippen molar-refractivity contribution >= 4 is 15.9 Å². The standard InChI is InChI=1S/C14H20BrFN2O/c1-19-14(3-2-4-14)9-13(18-17)7-10-5-11(15)8-12(16)6-10/h5-6,8,13,18H,2-4,7,9,17H2,1H3. The zero-order valence-electron chi connectivity index (χ0n) is 11.1. The fourth-order valence-electron chi connectivity index (χ4n) is 2.72. The number of hydrogen-bond acceptors (Lipinski definition) is 3. The number of nitrogens with two attached hydrogens (primary N) is 1. The van der Waals surface area contributed by atoms with E-state index in [0.717, 1.165) is 29.3 Å². The highest BCUT2D eigenvalue weighted by atomic mass is 79.9. The molecule has 19 heavy (non-hydrogen) atoms. The summed E-state index contributed by atoms with van der Waals surface area (Å²) in [6.45, 7) is 0. The van der Waals surface area contributed by atoms with Gasteiger partial charge < -0.3 is 4.74 Å². The molecule has 0 bridgehead atoms. The third-order valence-electron chi connectivity index (χ3n) is 3.96. The van der Waals surface area contributed by atoms with Crippen LogP contribution in [0.25, 0.3) is 0 Å². The van der Waals surface area contributed by atoms with Gasteiger partial charge in [0.25, 0.3) is 0 Å². The van der Waals surface area contributed by atoms with Crippen molar-refractivity contribution in [3.63, 3.8) is 0 Å².